The number of urea groups is 1. The quantitative estimate of drug-likeness (QED) is 0.461. The van der Waals surface area contributed by atoms with E-state index in [0.717, 1.165) is 24.8 Å². The molecule has 2 heterocycles. The molecule has 0 saturated heterocycles. The van der Waals surface area contributed by atoms with E-state index in [4.69, 9.17) is 16.3 Å². The largest absolute Gasteiger partial charge is 0.444 e. The van der Waals surface area contributed by atoms with Crippen LogP contribution in [0.25, 0.3) is 0 Å². The number of carbonyl (C=O) groups excluding carboxylic acids is 2. The van der Waals surface area contributed by atoms with Crippen molar-refractivity contribution in [1.82, 2.24) is 9.88 Å². The summed E-state index contributed by atoms with van der Waals surface area (Å²) in [7, 11) is 1.74. The zero-order chi connectivity index (χ0) is 25.5. The van der Waals surface area contributed by atoms with E-state index >= 15 is 0 Å². The molecule has 0 bridgehead atoms. The molecule has 0 spiro atoms. The second-order valence-corrected chi connectivity index (χ2v) is 10.7. The lowest BCUT2D eigenvalue weighted by Gasteiger charge is -2.45. The molecular formula is C26H32ClFN4O3. The lowest BCUT2D eigenvalue weighted by atomic mass is 9.88. The molecule has 1 fully saturated rings. The Labute approximate surface area is 210 Å². The van der Waals surface area contributed by atoms with Crippen LogP contribution in [-0.4, -0.2) is 46.7 Å². The molecule has 3 amide bonds. The van der Waals surface area contributed by atoms with Gasteiger partial charge in [-0.05, 0) is 71.1 Å². The Kier molecular flexibility index (Phi) is 6.95. The molecule has 1 aromatic heterocycles. The van der Waals surface area contributed by atoms with E-state index in [9.17, 15) is 14.0 Å². The molecule has 0 N–H and O–H groups in total. The average molecular weight is 503 g/mol. The van der Waals surface area contributed by atoms with Crippen molar-refractivity contribution in [3.8, 4) is 0 Å². The molecule has 0 radical (unpaired) electrons. The average Bonchev–Trinajstić information content (AvgIpc) is 2.78. The normalized spacial score (nSPS) is 20.5. The molecular weight excluding hydrogens is 471 g/mol. The maximum absolute atomic E-state index is 14.9. The fourth-order valence-electron chi connectivity index (χ4n) is 4.97. The Hall–Kier alpha value is -2.87. The summed E-state index contributed by atoms with van der Waals surface area (Å²) < 4.78 is 20.5. The Balaban J connectivity index is 1.67. The lowest BCUT2D eigenvalue weighted by molar-refractivity contribution is 0.0181. The van der Waals surface area contributed by atoms with Crippen LogP contribution < -0.4 is 9.80 Å². The van der Waals surface area contributed by atoms with E-state index in [1.807, 2.05) is 20.8 Å². The third-order valence-corrected chi connectivity index (χ3v) is 6.83. The van der Waals surface area contributed by atoms with Crippen molar-refractivity contribution in [2.45, 2.75) is 77.6 Å². The molecule has 1 aliphatic carbocycles. The van der Waals surface area contributed by atoms with Crippen LogP contribution in [-0.2, 0) is 11.3 Å². The van der Waals surface area contributed by atoms with Gasteiger partial charge in [-0.3, -0.25) is 9.80 Å². The minimum Gasteiger partial charge on any atom is -0.444 e. The Morgan fingerprint density at radius 2 is 2.03 bits per heavy atom. The molecule has 7 nitrogen and oxygen atoms in total. The molecule has 35 heavy (non-hydrogen) atoms. The van der Waals surface area contributed by atoms with Gasteiger partial charge in [0.1, 0.15) is 16.6 Å². The number of carbonyl (C=O) groups is 2. The van der Waals surface area contributed by atoms with Crippen LogP contribution in [0.4, 0.5) is 25.4 Å². The molecule has 2 atom stereocenters. The van der Waals surface area contributed by atoms with E-state index in [1.54, 1.807) is 48.2 Å². The molecule has 188 valence electrons. The van der Waals surface area contributed by atoms with Crippen LogP contribution >= 0.6 is 11.6 Å². The van der Waals surface area contributed by atoms with Crippen LogP contribution in [0.15, 0.2) is 30.5 Å². The maximum atomic E-state index is 14.9. The summed E-state index contributed by atoms with van der Waals surface area (Å²) in [5.74, 6) is -0.449. The summed E-state index contributed by atoms with van der Waals surface area (Å²) in [6.07, 6.45) is 4.24. The van der Waals surface area contributed by atoms with Gasteiger partial charge in [-0.25, -0.2) is 19.0 Å². The number of rotatable bonds is 3. The number of hydrogen-bond donors (Lipinski definition) is 0. The van der Waals surface area contributed by atoms with Crippen LogP contribution in [0, 0.1) is 12.7 Å². The smallest absolute Gasteiger partial charge is 0.410 e. The van der Waals surface area contributed by atoms with Gasteiger partial charge >= 0.3 is 12.1 Å². The van der Waals surface area contributed by atoms with Crippen molar-refractivity contribution in [3.05, 3.63) is 52.6 Å². The summed E-state index contributed by atoms with van der Waals surface area (Å²) in [5, 5.41) is 0.287. The number of halogens is 2. The molecule has 9 heteroatoms. The Bertz CT molecular complexity index is 1120. The molecule has 1 saturated carbocycles. The van der Waals surface area contributed by atoms with Crippen molar-refractivity contribution in [2.75, 3.05) is 16.8 Å². The monoisotopic (exact) mass is 502 g/mol. The topological polar surface area (TPSA) is 66.0 Å². The highest BCUT2D eigenvalue weighted by Gasteiger charge is 2.41. The first kappa shape index (κ1) is 25.2. The van der Waals surface area contributed by atoms with Gasteiger partial charge in [-0.15, -0.1) is 0 Å². The predicted molar refractivity (Wildman–Crippen MR) is 134 cm³/mol. The van der Waals surface area contributed by atoms with E-state index in [1.165, 1.54) is 11.0 Å². The molecule has 1 aliphatic heterocycles. The van der Waals surface area contributed by atoms with Gasteiger partial charge in [0, 0.05) is 30.9 Å². The van der Waals surface area contributed by atoms with Gasteiger partial charge in [-0.1, -0.05) is 23.7 Å². The van der Waals surface area contributed by atoms with E-state index in [-0.39, 0.29) is 41.6 Å². The second kappa shape index (κ2) is 9.64. The number of pyridine rings is 1. The van der Waals surface area contributed by atoms with Gasteiger partial charge in [0.15, 0.2) is 0 Å². The molecule has 4 rings (SSSR count). The van der Waals surface area contributed by atoms with E-state index in [0.29, 0.717) is 17.7 Å². The van der Waals surface area contributed by atoms with Gasteiger partial charge in [0.25, 0.3) is 0 Å². The minimum atomic E-state index is -0.594. The predicted octanol–water partition coefficient (Wildman–Crippen LogP) is 6.31. The van der Waals surface area contributed by atoms with Crippen molar-refractivity contribution in [1.29, 1.82) is 0 Å². The van der Waals surface area contributed by atoms with Gasteiger partial charge < -0.3 is 9.64 Å². The third-order valence-electron chi connectivity index (χ3n) is 6.63. The number of para-hydroxylation sites is 1. The fourth-order valence-corrected chi connectivity index (χ4v) is 5.12. The fraction of sp³-hybridized carbons (Fsp3) is 0.500. The summed E-state index contributed by atoms with van der Waals surface area (Å²) in [6.45, 7) is 7.50. The van der Waals surface area contributed by atoms with Gasteiger partial charge in [0.05, 0.1) is 17.9 Å². The van der Waals surface area contributed by atoms with Crippen LogP contribution in [0.5, 0.6) is 0 Å². The Morgan fingerprint density at radius 3 is 2.71 bits per heavy atom. The molecule has 2 aliphatic rings. The number of nitrogens with zero attached hydrogens (tertiary/aromatic N) is 4. The van der Waals surface area contributed by atoms with Crippen molar-refractivity contribution in [3.63, 3.8) is 0 Å². The van der Waals surface area contributed by atoms with Crippen LogP contribution in [0.2, 0.25) is 5.15 Å². The first-order valence-corrected chi connectivity index (χ1v) is 12.3. The number of hydrogen-bond acceptors (Lipinski definition) is 4. The van der Waals surface area contributed by atoms with Gasteiger partial charge in [-0.2, -0.15) is 0 Å². The third kappa shape index (κ3) is 5.22. The number of benzene rings is 1. The highest BCUT2D eigenvalue weighted by Crippen LogP contribution is 2.39. The van der Waals surface area contributed by atoms with E-state index in [2.05, 4.69) is 4.98 Å². The van der Waals surface area contributed by atoms with Crippen LogP contribution in [0.1, 0.15) is 57.6 Å². The SMILES string of the molecule is Cc1cccc(F)c1N1Cc2cnc(Cl)cc2N(C2CCCC(N(C)C(=O)OC(C)(C)C)C2)C1=O. The number of amides is 3. The molecule has 2 unspecified atom stereocenters. The summed E-state index contributed by atoms with van der Waals surface area (Å²) in [6, 6.07) is 5.88. The second-order valence-electron chi connectivity index (χ2n) is 10.3. The number of ether oxygens (including phenoxy) is 1. The first-order chi connectivity index (χ1) is 16.5. The van der Waals surface area contributed by atoms with Crippen molar-refractivity contribution in [2.24, 2.45) is 0 Å². The standard InChI is InChI=1S/C26H32ClFN4O3/c1-16-8-6-11-20(28)23(16)31-15-17-14-29-22(27)13-21(17)32(24(31)33)19-10-7-9-18(12-19)30(5)25(34)35-26(2,3)4/h6,8,11,13-14,18-19H,7,9-10,12,15H2,1-5H3. The first-order valence-electron chi connectivity index (χ1n) is 11.9. The number of fused-ring (bicyclic) bond motifs is 1. The van der Waals surface area contributed by atoms with Crippen molar-refractivity contribution < 1.29 is 18.7 Å². The Morgan fingerprint density at radius 1 is 1.29 bits per heavy atom. The highest BCUT2D eigenvalue weighted by molar-refractivity contribution is 6.29. The maximum Gasteiger partial charge on any atom is 0.410 e. The number of anilines is 2. The van der Waals surface area contributed by atoms with Crippen LogP contribution in [0.3, 0.4) is 0 Å². The summed E-state index contributed by atoms with van der Waals surface area (Å²) in [5.41, 5.74) is 1.82. The molecule has 2 aromatic rings. The zero-order valence-corrected chi connectivity index (χ0v) is 21.6. The zero-order valence-electron chi connectivity index (χ0n) is 20.8. The van der Waals surface area contributed by atoms with Gasteiger partial charge in [0.2, 0.25) is 0 Å². The van der Waals surface area contributed by atoms with E-state index < -0.39 is 11.4 Å². The number of aromatic nitrogens is 1. The summed E-state index contributed by atoms with van der Waals surface area (Å²) >= 11 is 6.22. The van der Waals surface area contributed by atoms with Crippen molar-refractivity contribution >= 4 is 35.1 Å². The highest BCUT2D eigenvalue weighted by atomic mass is 35.5. The summed E-state index contributed by atoms with van der Waals surface area (Å²) in [4.78, 5) is 35.7. The number of aryl methyl sites for hydroxylation is 1. The minimum absolute atomic E-state index is 0.0947. The lowest BCUT2D eigenvalue weighted by Crippen LogP contribution is -2.55. The molecule has 1 aromatic carbocycles.